The lowest BCUT2D eigenvalue weighted by Gasteiger charge is -2.38. The number of benzene rings is 6. The van der Waals surface area contributed by atoms with Crippen LogP contribution < -0.4 is 4.90 Å². The molecule has 0 aliphatic carbocycles. The minimum Gasteiger partial charge on any atom is -0.311 e. The van der Waals surface area contributed by atoms with Gasteiger partial charge >= 0.3 is 12.4 Å². The molecule has 0 atom stereocenters. The highest BCUT2D eigenvalue weighted by molar-refractivity contribution is 5.76. The Labute approximate surface area is 295 Å². The molecule has 0 bridgehead atoms. The van der Waals surface area contributed by atoms with Gasteiger partial charge in [0.1, 0.15) is 0 Å². The first-order chi connectivity index (χ1) is 25.1. The summed E-state index contributed by atoms with van der Waals surface area (Å²) in [6.07, 6.45) is -11.5. The third-order valence-electron chi connectivity index (χ3n) is 8.71. The van der Waals surface area contributed by atoms with E-state index < -0.39 is 28.9 Å². The van der Waals surface area contributed by atoms with Gasteiger partial charge in [-0.05, 0) is 47.5 Å². The van der Waals surface area contributed by atoms with Gasteiger partial charge in [-0.25, -0.2) is 15.0 Å². The van der Waals surface area contributed by atoms with Crippen molar-refractivity contribution in [2.45, 2.75) is 17.8 Å². The van der Waals surface area contributed by atoms with Gasteiger partial charge in [0.25, 0.3) is 0 Å². The number of hydrogen-bond donors (Lipinski definition) is 0. The third kappa shape index (κ3) is 6.39. The van der Waals surface area contributed by atoms with Crippen molar-refractivity contribution >= 4 is 17.1 Å². The summed E-state index contributed by atoms with van der Waals surface area (Å²) < 4.78 is 91.0. The van der Waals surface area contributed by atoms with E-state index in [9.17, 15) is 0 Å². The van der Waals surface area contributed by atoms with Crippen molar-refractivity contribution in [1.29, 1.82) is 0 Å². The normalized spacial score (nSPS) is 12.0. The summed E-state index contributed by atoms with van der Waals surface area (Å²) in [5.74, 6) is 0.692. The number of alkyl halides is 6. The van der Waals surface area contributed by atoms with Crippen LogP contribution in [0, 0.1) is 0 Å². The van der Waals surface area contributed by atoms with Crippen LogP contribution in [0.25, 0.3) is 34.2 Å². The van der Waals surface area contributed by atoms with E-state index in [1.54, 1.807) is 102 Å². The van der Waals surface area contributed by atoms with Crippen LogP contribution in [-0.2, 0) is 5.41 Å². The molecule has 4 nitrogen and oxygen atoms in total. The molecule has 1 heterocycles. The van der Waals surface area contributed by atoms with Crippen LogP contribution in [-0.4, -0.2) is 27.3 Å². The lowest BCUT2D eigenvalue weighted by Crippen LogP contribution is -2.54. The van der Waals surface area contributed by atoms with Crippen molar-refractivity contribution in [2.24, 2.45) is 0 Å². The van der Waals surface area contributed by atoms with Gasteiger partial charge in [-0.15, -0.1) is 0 Å². The molecule has 7 rings (SSSR count). The van der Waals surface area contributed by atoms with Gasteiger partial charge in [-0.1, -0.05) is 133 Å². The Morgan fingerprint density at radius 2 is 0.615 bits per heavy atom. The molecule has 0 saturated carbocycles. The number of nitrogens with zero attached hydrogens (tertiary/aromatic N) is 4. The molecule has 0 aliphatic heterocycles. The molecule has 0 spiro atoms. The second kappa shape index (κ2) is 13.8. The van der Waals surface area contributed by atoms with Gasteiger partial charge < -0.3 is 4.90 Å². The molecule has 0 unspecified atom stereocenters. The third-order valence-corrected chi connectivity index (χ3v) is 8.71. The van der Waals surface area contributed by atoms with E-state index in [4.69, 9.17) is 0 Å². The van der Waals surface area contributed by atoms with Crippen LogP contribution in [0.15, 0.2) is 170 Å². The van der Waals surface area contributed by atoms with E-state index in [-0.39, 0.29) is 11.4 Å². The fraction of sp³-hybridized carbons (Fsp3) is 0.0714. The number of anilines is 3. The predicted molar refractivity (Wildman–Crippen MR) is 190 cm³/mol. The van der Waals surface area contributed by atoms with Gasteiger partial charge in [0.15, 0.2) is 17.5 Å². The maximum absolute atomic E-state index is 15.2. The van der Waals surface area contributed by atoms with Crippen molar-refractivity contribution in [3.63, 3.8) is 0 Å². The Morgan fingerprint density at radius 1 is 0.327 bits per heavy atom. The molecule has 0 fully saturated rings. The fourth-order valence-electron chi connectivity index (χ4n) is 6.25. The van der Waals surface area contributed by atoms with E-state index >= 15 is 26.3 Å². The molecular weight excluding hydrogens is 674 g/mol. The molecule has 0 radical (unpaired) electrons. The van der Waals surface area contributed by atoms with Gasteiger partial charge in [-0.2, -0.15) is 26.3 Å². The standard InChI is InChI=1S/C42H28F6N4/c43-41(44,45)40(42(46,47)48,33-25-27-36(28-26-33)52(34-17-9-3-10-18-34)35-19-11-4-12-20-35)32-23-21-31(22-24-32)39-50-37(29-13-5-1-6-14-29)49-38(51-39)30-15-7-2-8-16-30/h1-28H. The highest BCUT2D eigenvalue weighted by atomic mass is 19.4. The van der Waals surface area contributed by atoms with Gasteiger partial charge in [0.05, 0.1) is 0 Å². The average Bonchev–Trinajstić information content (AvgIpc) is 3.16. The zero-order valence-electron chi connectivity index (χ0n) is 27.2. The lowest BCUT2D eigenvalue weighted by atomic mass is 9.72. The monoisotopic (exact) mass is 702 g/mol. The SMILES string of the molecule is FC(F)(F)C(c1ccc(-c2nc(-c3ccccc3)nc(-c3ccccc3)n2)cc1)(c1ccc(N(c2ccccc2)c2ccccc2)cc1)C(F)(F)F. The van der Waals surface area contributed by atoms with Crippen LogP contribution in [0.3, 0.4) is 0 Å². The van der Waals surface area contributed by atoms with Crippen molar-refractivity contribution in [3.05, 3.63) is 181 Å². The van der Waals surface area contributed by atoms with Crippen molar-refractivity contribution in [1.82, 2.24) is 15.0 Å². The van der Waals surface area contributed by atoms with Crippen LogP contribution in [0.1, 0.15) is 11.1 Å². The number of aromatic nitrogens is 3. The topological polar surface area (TPSA) is 41.9 Å². The molecule has 0 N–H and O–H groups in total. The van der Waals surface area contributed by atoms with Gasteiger partial charge in [0, 0.05) is 33.8 Å². The van der Waals surface area contributed by atoms with Crippen molar-refractivity contribution in [2.75, 3.05) is 4.90 Å². The summed E-state index contributed by atoms with van der Waals surface area (Å²) in [4.78, 5) is 15.5. The molecule has 0 saturated heterocycles. The second-order valence-electron chi connectivity index (χ2n) is 11.9. The van der Waals surface area contributed by atoms with E-state index in [0.717, 1.165) is 24.3 Å². The van der Waals surface area contributed by atoms with Gasteiger partial charge in [-0.3, -0.25) is 0 Å². The second-order valence-corrected chi connectivity index (χ2v) is 11.9. The zero-order valence-corrected chi connectivity index (χ0v) is 27.2. The number of hydrogen-bond acceptors (Lipinski definition) is 4. The minimum atomic E-state index is -5.76. The summed E-state index contributed by atoms with van der Waals surface area (Å²) in [7, 11) is 0. The molecule has 258 valence electrons. The molecule has 1 aromatic heterocycles. The highest BCUT2D eigenvalue weighted by Gasteiger charge is 2.72. The average molecular weight is 703 g/mol. The van der Waals surface area contributed by atoms with Gasteiger partial charge in [0.2, 0.25) is 5.41 Å². The Kier molecular flexibility index (Phi) is 9.06. The minimum absolute atomic E-state index is 0.0927. The Morgan fingerprint density at radius 3 is 0.962 bits per heavy atom. The lowest BCUT2D eigenvalue weighted by molar-refractivity contribution is -0.288. The maximum atomic E-state index is 15.2. The van der Waals surface area contributed by atoms with Crippen molar-refractivity contribution < 1.29 is 26.3 Å². The van der Waals surface area contributed by atoms with E-state index in [0.29, 0.717) is 39.8 Å². The summed E-state index contributed by atoms with van der Waals surface area (Å²) in [6, 6.07) is 44.4. The van der Waals surface area contributed by atoms with Crippen LogP contribution in [0.2, 0.25) is 0 Å². The zero-order chi connectivity index (χ0) is 36.3. The van der Waals surface area contributed by atoms with Crippen LogP contribution in [0.5, 0.6) is 0 Å². The fourth-order valence-corrected chi connectivity index (χ4v) is 6.25. The number of para-hydroxylation sites is 2. The number of halogens is 6. The summed E-state index contributed by atoms with van der Waals surface area (Å²) >= 11 is 0. The highest BCUT2D eigenvalue weighted by Crippen LogP contribution is 2.56. The van der Waals surface area contributed by atoms with Crippen LogP contribution >= 0.6 is 0 Å². The molecule has 7 aromatic rings. The first-order valence-corrected chi connectivity index (χ1v) is 16.2. The first kappa shape index (κ1) is 34.2. The van der Waals surface area contributed by atoms with Crippen molar-refractivity contribution in [3.8, 4) is 34.2 Å². The molecule has 0 aliphatic rings. The predicted octanol–water partition coefficient (Wildman–Crippen LogP) is 11.8. The largest absolute Gasteiger partial charge is 0.411 e. The van der Waals surface area contributed by atoms with E-state index in [1.165, 1.54) is 24.3 Å². The molecular formula is C42H28F6N4. The maximum Gasteiger partial charge on any atom is 0.411 e. The number of rotatable bonds is 8. The summed E-state index contributed by atoms with van der Waals surface area (Å²) in [5.41, 5.74) is -3.02. The Hall–Kier alpha value is -6.29. The summed E-state index contributed by atoms with van der Waals surface area (Å²) in [6.45, 7) is 0. The molecule has 52 heavy (non-hydrogen) atoms. The molecule has 0 amide bonds. The quantitative estimate of drug-likeness (QED) is 0.148. The Bertz CT molecular complexity index is 2130. The van der Waals surface area contributed by atoms with E-state index in [1.807, 2.05) is 24.3 Å². The van der Waals surface area contributed by atoms with Crippen LogP contribution in [0.4, 0.5) is 43.4 Å². The smallest absolute Gasteiger partial charge is 0.311 e. The molecule has 10 heteroatoms. The summed E-state index contributed by atoms with van der Waals surface area (Å²) in [5, 5.41) is 0. The molecule has 6 aromatic carbocycles. The Balaban J connectivity index is 1.33. The van der Waals surface area contributed by atoms with E-state index in [2.05, 4.69) is 15.0 Å². The first-order valence-electron chi connectivity index (χ1n) is 16.2.